The SMILES string of the molecule is CC1CCC(F)C[C@H]1N. The minimum Gasteiger partial charge on any atom is -0.327 e. The highest BCUT2D eigenvalue weighted by Gasteiger charge is 2.23. The Labute approximate surface area is 55.4 Å². The normalized spacial score (nSPS) is 45.0. The maximum atomic E-state index is 12.5. The van der Waals surface area contributed by atoms with Gasteiger partial charge in [-0.3, -0.25) is 0 Å². The summed E-state index contributed by atoms with van der Waals surface area (Å²) in [6.45, 7) is 2.09. The summed E-state index contributed by atoms with van der Waals surface area (Å²) in [7, 11) is 0. The van der Waals surface area contributed by atoms with E-state index in [-0.39, 0.29) is 6.04 Å². The maximum Gasteiger partial charge on any atom is 0.102 e. The first kappa shape index (κ1) is 7.00. The molecule has 54 valence electrons. The van der Waals surface area contributed by atoms with Crippen LogP contribution in [0.3, 0.4) is 0 Å². The Morgan fingerprint density at radius 3 is 2.56 bits per heavy atom. The van der Waals surface area contributed by atoms with Crippen LogP contribution in [-0.4, -0.2) is 12.2 Å². The van der Waals surface area contributed by atoms with E-state index in [1.165, 1.54) is 0 Å². The van der Waals surface area contributed by atoms with Crippen LogP contribution in [0.1, 0.15) is 26.2 Å². The number of hydrogen-bond acceptors (Lipinski definition) is 1. The summed E-state index contributed by atoms with van der Waals surface area (Å²) in [4.78, 5) is 0. The maximum absolute atomic E-state index is 12.5. The number of nitrogens with two attached hydrogens (primary N) is 1. The summed E-state index contributed by atoms with van der Waals surface area (Å²) in [5.74, 6) is 0.525. The van der Waals surface area contributed by atoms with E-state index < -0.39 is 6.17 Å². The quantitative estimate of drug-likeness (QED) is 0.529. The summed E-state index contributed by atoms with van der Waals surface area (Å²) >= 11 is 0. The Morgan fingerprint density at radius 1 is 1.44 bits per heavy atom. The van der Waals surface area contributed by atoms with Crippen molar-refractivity contribution in [2.75, 3.05) is 0 Å². The van der Waals surface area contributed by atoms with E-state index in [4.69, 9.17) is 5.73 Å². The zero-order chi connectivity index (χ0) is 6.85. The van der Waals surface area contributed by atoms with Crippen LogP contribution in [-0.2, 0) is 0 Å². The van der Waals surface area contributed by atoms with Crippen LogP contribution in [0.2, 0.25) is 0 Å². The Balaban J connectivity index is 2.35. The number of hydrogen-bond donors (Lipinski definition) is 1. The van der Waals surface area contributed by atoms with Crippen molar-refractivity contribution in [1.82, 2.24) is 0 Å². The first-order valence-electron chi connectivity index (χ1n) is 3.60. The van der Waals surface area contributed by atoms with E-state index in [2.05, 4.69) is 6.92 Å². The van der Waals surface area contributed by atoms with Gasteiger partial charge in [-0.2, -0.15) is 0 Å². The molecule has 2 N–H and O–H groups in total. The molecule has 0 spiro atoms. The summed E-state index contributed by atoms with van der Waals surface area (Å²) < 4.78 is 12.5. The lowest BCUT2D eigenvalue weighted by atomic mass is 9.85. The summed E-state index contributed by atoms with van der Waals surface area (Å²) in [6, 6.07) is 0.105. The van der Waals surface area contributed by atoms with Crippen LogP contribution in [0.15, 0.2) is 0 Å². The number of halogens is 1. The van der Waals surface area contributed by atoms with E-state index in [9.17, 15) is 4.39 Å². The largest absolute Gasteiger partial charge is 0.327 e. The van der Waals surface area contributed by atoms with Crippen molar-refractivity contribution in [2.45, 2.75) is 38.4 Å². The standard InChI is InChI=1S/C7H14FN/c1-5-2-3-6(8)4-7(5)9/h5-7H,2-4,9H2,1H3/t5?,6?,7-/m1/s1. The van der Waals surface area contributed by atoms with Crippen LogP contribution in [0.5, 0.6) is 0 Å². The topological polar surface area (TPSA) is 26.0 Å². The molecule has 1 nitrogen and oxygen atoms in total. The van der Waals surface area contributed by atoms with E-state index in [1.807, 2.05) is 0 Å². The van der Waals surface area contributed by atoms with Gasteiger partial charge < -0.3 is 5.73 Å². The van der Waals surface area contributed by atoms with E-state index in [0.29, 0.717) is 12.3 Å². The second kappa shape index (κ2) is 2.65. The molecule has 0 aromatic heterocycles. The minimum atomic E-state index is -0.629. The Bertz CT molecular complexity index is 94.9. The third kappa shape index (κ3) is 1.65. The number of alkyl halides is 1. The third-order valence-electron chi connectivity index (χ3n) is 2.19. The van der Waals surface area contributed by atoms with Gasteiger partial charge in [0.1, 0.15) is 6.17 Å². The minimum absolute atomic E-state index is 0.105. The molecule has 1 rings (SSSR count). The summed E-state index contributed by atoms with van der Waals surface area (Å²) in [5, 5.41) is 0. The van der Waals surface area contributed by atoms with Crippen molar-refractivity contribution in [3.05, 3.63) is 0 Å². The van der Waals surface area contributed by atoms with Crippen molar-refractivity contribution in [3.63, 3.8) is 0 Å². The van der Waals surface area contributed by atoms with Crippen LogP contribution in [0.25, 0.3) is 0 Å². The Morgan fingerprint density at radius 2 is 2.11 bits per heavy atom. The predicted octanol–water partition coefficient (Wildman–Crippen LogP) is 1.47. The molecule has 1 aliphatic rings. The van der Waals surface area contributed by atoms with Gasteiger partial charge in [0, 0.05) is 6.04 Å². The second-order valence-electron chi connectivity index (χ2n) is 3.05. The lowest BCUT2D eigenvalue weighted by Crippen LogP contribution is -2.35. The molecule has 0 aliphatic heterocycles. The molecule has 0 aromatic rings. The smallest absolute Gasteiger partial charge is 0.102 e. The highest BCUT2D eigenvalue weighted by Crippen LogP contribution is 2.24. The van der Waals surface area contributed by atoms with Gasteiger partial charge in [-0.25, -0.2) is 4.39 Å². The van der Waals surface area contributed by atoms with Gasteiger partial charge in [-0.05, 0) is 25.2 Å². The Hall–Kier alpha value is -0.110. The molecule has 0 saturated heterocycles. The van der Waals surface area contributed by atoms with Crippen molar-refractivity contribution in [2.24, 2.45) is 11.7 Å². The molecular formula is C7H14FN. The molecule has 3 atom stereocenters. The zero-order valence-corrected chi connectivity index (χ0v) is 5.81. The molecule has 2 unspecified atom stereocenters. The van der Waals surface area contributed by atoms with Crippen LogP contribution < -0.4 is 5.73 Å². The van der Waals surface area contributed by atoms with E-state index in [1.54, 1.807) is 0 Å². The fourth-order valence-corrected chi connectivity index (χ4v) is 1.30. The van der Waals surface area contributed by atoms with Crippen LogP contribution >= 0.6 is 0 Å². The highest BCUT2D eigenvalue weighted by molar-refractivity contribution is 4.79. The average Bonchev–Trinajstić information content (AvgIpc) is 1.80. The third-order valence-corrected chi connectivity index (χ3v) is 2.19. The zero-order valence-electron chi connectivity index (χ0n) is 5.81. The predicted molar refractivity (Wildman–Crippen MR) is 35.9 cm³/mol. The lowest BCUT2D eigenvalue weighted by Gasteiger charge is -2.27. The van der Waals surface area contributed by atoms with Gasteiger partial charge in [0.15, 0.2) is 0 Å². The average molecular weight is 131 g/mol. The van der Waals surface area contributed by atoms with Gasteiger partial charge >= 0.3 is 0 Å². The number of rotatable bonds is 0. The summed E-state index contributed by atoms with van der Waals surface area (Å²) in [6.07, 6.45) is 1.62. The molecule has 2 heteroatoms. The van der Waals surface area contributed by atoms with Crippen molar-refractivity contribution in [3.8, 4) is 0 Å². The van der Waals surface area contributed by atoms with E-state index >= 15 is 0 Å². The van der Waals surface area contributed by atoms with E-state index in [0.717, 1.165) is 12.8 Å². The molecule has 1 fully saturated rings. The first-order valence-corrected chi connectivity index (χ1v) is 3.60. The molecule has 0 bridgehead atoms. The van der Waals surface area contributed by atoms with Gasteiger partial charge in [0.25, 0.3) is 0 Å². The fraction of sp³-hybridized carbons (Fsp3) is 1.00. The van der Waals surface area contributed by atoms with Crippen molar-refractivity contribution >= 4 is 0 Å². The summed E-state index contributed by atoms with van der Waals surface area (Å²) in [5.41, 5.74) is 5.63. The molecule has 1 aliphatic carbocycles. The van der Waals surface area contributed by atoms with Gasteiger partial charge in [-0.1, -0.05) is 6.92 Å². The Kier molecular flexibility index (Phi) is 2.06. The van der Waals surface area contributed by atoms with Crippen molar-refractivity contribution in [1.29, 1.82) is 0 Å². The van der Waals surface area contributed by atoms with Crippen LogP contribution in [0.4, 0.5) is 4.39 Å². The van der Waals surface area contributed by atoms with Crippen LogP contribution in [0, 0.1) is 5.92 Å². The lowest BCUT2D eigenvalue weighted by molar-refractivity contribution is 0.192. The molecule has 0 amide bonds. The van der Waals surface area contributed by atoms with Gasteiger partial charge in [0.05, 0.1) is 0 Å². The second-order valence-corrected chi connectivity index (χ2v) is 3.05. The highest BCUT2D eigenvalue weighted by atomic mass is 19.1. The van der Waals surface area contributed by atoms with Gasteiger partial charge in [0.2, 0.25) is 0 Å². The molecule has 0 heterocycles. The molecule has 0 radical (unpaired) electrons. The first-order chi connectivity index (χ1) is 4.20. The molecule has 0 aromatic carbocycles. The molecule has 9 heavy (non-hydrogen) atoms. The monoisotopic (exact) mass is 131 g/mol. The molecular weight excluding hydrogens is 117 g/mol. The fourth-order valence-electron chi connectivity index (χ4n) is 1.30. The van der Waals surface area contributed by atoms with Gasteiger partial charge in [-0.15, -0.1) is 0 Å². The molecule has 1 saturated carbocycles. The van der Waals surface area contributed by atoms with Crippen molar-refractivity contribution < 1.29 is 4.39 Å².